The summed E-state index contributed by atoms with van der Waals surface area (Å²) in [6.45, 7) is 4.85. The van der Waals surface area contributed by atoms with Crippen molar-refractivity contribution in [2.75, 3.05) is 0 Å². The van der Waals surface area contributed by atoms with Gasteiger partial charge in [-0.15, -0.1) is 0 Å². The third kappa shape index (κ3) is 2.45. The number of rotatable bonds is 2. The lowest BCUT2D eigenvalue weighted by molar-refractivity contribution is -0.137. The number of carbonyl (C=O) groups is 1. The second-order valence-electron chi connectivity index (χ2n) is 4.56. The van der Waals surface area contributed by atoms with Gasteiger partial charge in [0, 0.05) is 0 Å². The summed E-state index contributed by atoms with van der Waals surface area (Å²) in [6.07, 6.45) is -4.36. The van der Waals surface area contributed by atoms with Crippen LogP contribution in [0.15, 0.2) is 24.3 Å². The monoisotopic (exact) mass is 282 g/mol. The molecular formula is C14H13F3N2O. The molecule has 0 saturated carbocycles. The van der Waals surface area contributed by atoms with E-state index in [2.05, 4.69) is 5.10 Å². The summed E-state index contributed by atoms with van der Waals surface area (Å²) in [6, 6.07) is 4.68. The van der Waals surface area contributed by atoms with Crippen molar-refractivity contribution in [3.8, 4) is 5.69 Å². The van der Waals surface area contributed by atoms with Crippen molar-refractivity contribution in [3.05, 3.63) is 46.8 Å². The molecule has 2 rings (SSSR count). The fourth-order valence-corrected chi connectivity index (χ4v) is 2.20. The minimum Gasteiger partial charge on any atom is -0.294 e. The molecule has 0 atom stereocenters. The van der Waals surface area contributed by atoms with Gasteiger partial charge in [0.1, 0.15) is 0 Å². The maximum absolute atomic E-state index is 12.5. The highest BCUT2D eigenvalue weighted by Crippen LogP contribution is 2.30. The van der Waals surface area contributed by atoms with Crippen molar-refractivity contribution in [1.29, 1.82) is 0 Å². The van der Waals surface area contributed by atoms with Crippen LogP contribution in [0.4, 0.5) is 13.2 Å². The number of halogens is 3. The molecule has 1 heterocycles. The van der Waals surface area contributed by atoms with Crippen molar-refractivity contribution in [2.24, 2.45) is 0 Å². The van der Waals surface area contributed by atoms with Gasteiger partial charge < -0.3 is 0 Å². The number of alkyl halides is 3. The Morgan fingerprint density at radius 3 is 2.10 bits per heavy atom. The summed E-state index contributed by atoms with van der Waals surface area (Å²) in [5.74, 6) is -0.113. The van der Waals surface area contributed by atoms with E-state index >= 15 is 0 Å². The topological polar surface area (TPSA) is 34.9 Å². The number of aromatic nitrogens is 2. The molecule has 3 nitrogen and oxygen atoms in total. The molecule has 0 aliphatic rings. The molecule has 106 valence electrons. The quantitative estimate of drug-likeness (QED) is 0.787. The molecule has 0 radical (unpaired) electrons. The van der Waals surface area contributed by atoms with E-state index in [-0.39, 0.29) is 5.78 Å². The van der Waals surface area contributed by atoms with Crippen molar-refractivity contribution in [3.63, 3.8) is 0 Å². The Morgan fingerprint density at radius 1 is 1.15 bits per heavy atom. The first-order chi connectivity index (χ1) is 9.21. The Balaban J connectivity index is 2.48. The number of nitrogens with zero attached hydrogens (tertiary/aromatic N) is 2. The van der Waals surface area contributed by atoms with Crippen LogP contribution in [0.1, 0.15) is 34.2 Å². The lowest BCUT2D eigenvalue weighted by Crippen LogP contribution is -2.06. The number of carbonyl (C=O) groups excluding carboxylic acids is 1. The normalized spacial score (nSPS) is 11.7. The van der Waals surface area contributed by atoms with Crippen molar-refractivity contribution in [2.45, 2.75) is 26.9 Å². The molecule has 1 aromatic carbocycles. The number of Topliss-reactive ketones (excluding diaryl/α,β-unsaturated/α-hetero) is 1. The summed E-state index contributed by atoms with van der Waals surface area (Å²) in [5.41, 5.74) is 1.47. The van der Waals surface area contributed by atoms with Gasteiger partial charge in [-0.3, -0.25) is 4.79 Å². The number of hydrogen-bond donors (Lipinski definition) is 0. The highest BCUT2D eigenvalue weighted by molar-refractivity contribution is 5.96. The molecule has 6 heteroatoms. The van der Waals surface area contributed by atoms with E-state index in [0.717, 1.165) is 12.1 Å². The molecule has 0 aliphatic heterocycles. The molecule has 0 N–H and O–H groups in total. The Morgan fingerprint density at radius 2 is 1.70 bits per heavy atom. The van der Waals surface area contributed by atoms with E-state index in [1.165, 1.54) is 23.7 Å². The first-order valence-electron chi connectivity index (χ1n) is 5.96. The fourth-order valence-electron chi connectivity index (χ4n) is 2.20. The van der Waals surface area contributed by atoms with Gasteiger partial charge in [-0.2, -0.15) is 18.3 Å². The third-order valence-electron chi connectivity index (χ3n) is 3.08. The fraction of sp³-hybridized carbons (Fsp3) is 0.286. The summed E-state index contributed by atoms with van der Waals surface area (Å²) in [4.78, 5) is 11.5. The Kier molecular flexibility index (Phi) is 3.41. The summed E-state index contributed by atoms with van der Waals surface area (Å²) < 4.78 is 39.0. The highest BCUT2D eigenvalue weighted by Gasteiger charge is 2.30. The van der Waals surface area contributed by atoms with Crippen molar-refractivity contribution >= 4 is 5.78 Å². The lowest BCUT2D eigenvalue weighted by atomic mass is 10.1. The standard InChI is InChI=1S/C14H13F3N2O/c1-8-13(10(3)20)9(2)19(18-8)12-6-4-11(5-7-12)14(15,16)17/h4-7H,1-3H3. The molecule has 0 spiro atoms. The molecular weight excluding hydrogens is 269 g/mol. The second-order valence-corrected chi connectivity index (χ2v) is 4.56. The molecule has 0 saturated heterocycles. The van der Waals surface area contributed by atoms with Gasteiger partial charge >= 0.3 is 6.18 Å². The average molecular weight is 282 g/mol. The van der Waals surface area contributed by atoms with Crippen LogP contribution in [-0.2, 0) is 6.18 Å². The van der Waals surface area contributed by atoms with E-state index in [0.29, 0.717) is 22.6 Å². The summed E-state index contributed by atoms with van der Waals surface area (Å²) in [7, 11) is 0. The van der Waals surface area contributed by atoms with E-state index in [9.17, 15) is 18.0 Å². The first kappa shape index (κ1) is 14.3. The molecule has 0 unspecified atom stereocenters. The zero-order valence-electron chi connectivity index (χ0n) is 11.2. The molecule has 1 aromatic heterocycles. The van der Waals surface area contributed by atoms with Gasteiger partial charge in [0.15, 0.2) is 5.78 Å². The van der Waals surface area contributed by atoms with Crippen molar-refractivity contribution < 1.29 is 18.0 Å². The van der Waals surface area contributed by atoms with E-state index in [4.69, 9.17) is 0 Å². The maximum Gasteiger partial charge on any atom is 0.416 e. The Bertz CT molecular complexity index is 654. The third-order valence-corrected chi connectivity index (χ3v) is 3.08. The van der Waals surface area contributed by atoms with Gasteiger partial charge in [0.2, 0.25) is 0 Å². The Labute approximate surface area is 114 Å². The van der Waals surface area contributed by atoms with Crippen LogP contribution in [0.5, 0.6) is 0 Å². The van der Waals surface area contributed by atoms with Crippen LogP contribution in [0.25, 0.3) is 5.69 Å². The van der Waals surface area contributed by atoms with Gasteiger partial charge in [0.25, 0.3) is 0 Å². The van der Waals surface area contributed by atoms with E-state index in [1.54, 1.807) is 13.8 Å². The van der Waals surface area contributed by atoms with Gasteiger partial charge in [-0.1, -0.05) is 0 Å². The van der Waals surface area contributed by atoms with Crippen LogP contribution in [-0.4, -0.2) is 15.6 Å². The van der Waals surface area contributed by atoms with Gasteiger partial charge in [0.05, 0.1) is 28.2 Å². The SMILES string of the molecule is CC(=O)c1c(C)nn(-c2ccc(C(F)(F)F)cc2)c1C. The molecule has 0 aliphatic carbocycles. The summed E-state index contributed by atoms with van der Waals surface area (Å²) >= 11 is 0. The van der Waals surface area contributed by atoms with Gasteiger partial charge in [-0.25, -0.2) is 4.68 Å². The van der Waals surface area contributed by atoms with E-state index in [1.807, 2.05) is 0 Å². The van der Waals surface area contributed by atoms with Crippen LogP contribution >= 0.6 is 0 Å². The van der Waals surface area contributed by atoms with Crippen LogP contribution < -0.4 is 0 Å². The predicted octanol–water partition coefficient (Wildman–Crippen LogP) is 3.71. The first-order valence-corrected chi connectivity index (χ1v) is 5.96. The van der Waals surface area contributed by atoms with Crippen LogP contribution in [0, 0.1) is 13.8 Å². The van der Waals surface area contributed by atoms with Crippen LogP contribution in [0.2, 0.25) is 0 Å². The molecule has 0 bridgehead atoms. The molecule has 2 aromatic rings. The number of aryl methyl sites for hydroxylation is 1. The number of benzene rings is 1. The molecule has 20 heavy (non-hydrogen) atoms. The minimum atomic E-state index is -4.36. The van der Waals surface area contributed by atoms with Crippen molar-refractivity contribution in [1.82, 2.24) is 9.78 Å². The molecule has 0 fully saturated rings. The smallest absolute Gasteiger partial charge is 0.294 e. The highest BCUT2D eigenvalue weighted by atomic mass is 19.4. The summed E-state index contributed by atoms with van der Waals surface area (Å²) in [5, 5.41) is 4.21. The lowest BCUT2D eigenvalue weighted by Gasteiger charge is -2.09. The van der Waals surface area contributed by atoms with Gasteiger partial charge in [-0.05, 0) is 45.0 Å². The number of hydrogen-bond acceptors (Lipinski definition) is 2. The predicted molar refractivity (Wildman–Crippen MR) is 68.0 cm³/mol. The maximum atomic E-state index is 12.5. The minimum absolute atomic E-state index is 0.113. The average Bonchev–Trinajstić information content (AvgIpc) is 2.64. The van der Waals surface area contributed by atoms with Crippen LogP contribution in [0.3, 0.4) is 0 Å². The van der Waals surface area contributed by atoms with E-state index < -0.39 is 11.7 Å². The zero-order chi connectivity index (χ0) is 15.1. The second kappa shape index (κ2) is 4.77. The largest absolute Gasteiger partial charge is 0.416 e. The molecule has 0 amide bonds. The number of ketones is 1. The zero-order valence-corrected chi connectivity index (χ0v) is 11.2. The Hall–Kier alpha value is -2.11.